The van der Waals surface area contributed by atoms with Gasteiger partial charge in [-0.15, -0.1) is 0 Å². The standard InChI is InChI=1S/C13H15F3O3/c1-3-19-12(17)10-7-5-4-6-9(10)11(18-2)8-13(14,15)16/h4-7,11H,3,8H2,1-2H3. The molecule has 1 aromatic carbocycles. The number of hydrogen-bond acceptors (Lipinski definition) is 3. The molecule has 19 heavy (non-hydrogen) atoms. The van der Waals surface area contributed by atoms with Crippen molar-refractivity contribution in [2.45, 2.75) is 25.6 Å². The van der Waals surface area contributed by atoms with E-state index in [0.717, 1.165) is 0 Å². The van der Waals surface area contributed by atoms with E-state index in [4.69, 9.17) is 9.47 Å². The number of esters is 1. The highest BCUT2D eigenvalue weighted by Crippen LogP contribution is 2.33. The van der Waals surface area contributed by atoms with Crippen molar-refractivity contribution < 1.29 is 27.4 Å². The lowest BCUT2D eigenvalue weighted by Crippen LogP contribution is -2.18. The predicted molar refractivity (Wildman–Crippen MR) is 62.8 cm³/mol. The second-order valence-electron chi connectivity index (χ2n) is 3.85. The molecule has 0 N–H and O–H groups in total. The second-order valence-corrected chi connectivity index (χ2v) is 3.85. The molecule has 0 amide bonds. The van der Waals surface area contributed by atoms with Gasteiger partial charge in [0.05, 0.1) is 24.7 Å². The van der Waals surface area contributed by atoms with Crippen molar-refractivity contribution in [1.82, 2.24) is 0 Å². The first-order valence-electron chi connectivity index (χ1n) is 5.74. The molecule has 1 rings (SSSR count). The molecule has 6 heteroatoms. The maximum Gasteiger partial charge on any atom is 0.391 e. The molecule has 0 aliphatic rings. The fraction of sp³-hybridized carbons (Fsp3) is 0.462. The smallest absolute Gasteiger partial charge is 0.391 e. The highest BCUT2D eigenvalue weighted by Gasteiger charge is 2.34. The van der Waals surface area contributed by atoms with Gasteiger partial charge in [0, 0.05) is 7.11 Å². The summed E-state index contributed by atoms with van der Waals surface area (Å²) in [5.41, 5.74) is 0.279. The van der Waals surface area contributed by atoms with E-state index in [1.165, 1.54) is 19.2 Å². The monoisotopic (exact) mass is 276 g/mol. The van der Waals surface area contributed by atoms with Crippen LogP contribution in [0.4, 0.5) is 13.2 Å². The maximum absolute atomic E-state index is 12.5. The average molecular weight is 276 g/mol. The largest absolute Gasteiger partial charge is 0.462 e. The van der Waals surface area contributed by atoms with Crippen LogP contribution in [0.2, 0.25) is 0 Å². The summed E-state index contributed by atoms with van der Waals surface area (Å²) in [4.78, 5) is 11.7. The van der Waals surface area contributed by atoms with Gasteiger partial charge in [0.2, 0.25) is 0 Å². The first-order chi connectivity index (χ1) is 8.89. The number of rotatable bonds is 5. The van der Waals surface area contributed by atoms with Crippen LogP contribution in [0.15, 0.2) is 24.3 Å². The van der Waals surface area contributed by atoms with Gasteiger partial charge >= 0.3 is 12.1 Å². The Morgan fingerprint density at radius 1 is 1.32 bits per heavy atom. The Kier molecular flexibility index (Phi) is 5.35. The molecule has 106 valence electrons. The Labute approximate surface area is 109 Å². The number of methoxy groups -OCH3 is 1. The minimum Gasteiger partial charge on any atom is -0.462 e. The predicted octanol–water partition coefficient (Wildman–Crippen LogP) is 3.50. The third kappa shape index (κ3) is 4.55. The molecular weight excluding hydrogens is 261 g/mol. The Balaban J connectivity index is 3.06. The van der Waals surface area contributed by atoms with Gasteiger partial charge in [-0.25, -0.2) is 4.79 Å². The van der Waals surface area contributed by atoms with Crippen LogP contribution < -0.4 is 0 Å². The minimum atomic E-state index is -4.37. The molecule has 0 fully saturated rings. The molecule has 0 radical (unpaired) electrons. The van der Waals surface area contributed by atoms with E-state index in [1.807, 2.05) is 0 Å². The van der Waals surface area contributed by atoms with Gasteiger partial charge in [-0.3, -0.25) is 0 Å². The minimum absolute atomic E-state index is 0.0976. The summed E-state index contributed by atoms with van der Waals surface area (Å²) >= 11 is 0. The lowest BCUT2D eigenvalue weighted by atomic mass is 10.00. The fourth-order valence-electron chi connectivity index (χ4n) is 1.70. The summed E-state index contributed by atoms with van der Waals surface area (Å²) in [6.45, 7) is 1.79. The van der Waals surface area contributed by atoms with Crippen molar-refractivity contribution in [1.29, 1.82) is 0 Å². The van der Waals surface area contributed by atoms with E-state index in [2.05, 4.69) is 0 Å². The summed E-state index contributed by atoms with van der Waals surface area (Å²) in [5, 5.41) is 0. The van der Waals surface area contributed by atoms with E-state index in [-0.39, 0.29) is 17.7 Å². The van der Waals surface area contributed by atoms with E-state index < -0.39 is 24.7 Å². The third-order valence-corrected chi connectivity index (χ3v) is 2.50. The van der Waals surface area contributed by atoms with Gasteiger partial charge in [0.15, 0.2) is 0 Å². The number of ether oxygens (including phenoxy) is 2. The van der Waals surface area contributed by atoms with Gasteiger partial charge in [0.25, 0.3) is 0 Å². The number of carbonyl (C=O) groups excluding carboxylic acids is 1. The van der Waals surface area contributed by atoms with Crippen molar-refractivity contribution in [2.24, 2.45) is 0 Å². The second kappa shape index (κ2) is 6.56. The molecule has 0 aliphatic heterocycles. The first kappa shape index (κ1) is 15.5. The summed E-state index contributed by atoms with van der Waals surface area (Å²) in [7, 11) is 1.18. The van der Waals surface area contributed by atoms with Gasteiger partial charge < -0.3 is 9.47 Å². The molecule has 0 saturated heterocycles. The van der Waals surface area contributed by atoms with Crippen LogP contribution in [-0.4, -0.2) is 25.9 Å². The quantitative estimate of drug-likeness (QED) is 0.772. The number of hydrogen-bond donors (Lipinski definition) is 0. The topological polar surface area (TPSA) is 35.5 Å². The Morgan fingerprint density at radius 2 is 1.95 bits per heavy atom. The lowest BCUT2D eigenvalue weighted by Gasteiger charge is -2.19. The Hall–Kier alpha value is -1.56. The number of benzene rings is 1. The summed E-state index contributed by atoms with van der Waals surface area (Å²) in [6, 6.07) is 5.98. The van der Waals surface area contributed by atoms with E-state index >= 15 is 0 Å². The van der Waals surface area contributed by atoms with E-state index in [0.29, 0.717) is 0 Å². The first-order valence-corrected chi connectivity index (χ1v) is 5.74. The van der Waals surface area contributed by atoms with Crippen LogP contribution in [0.3, 0.4) is 0 Å². The van der Waals surface area contributed by atoms with Crippen molar-refractivity contribution in [3.63, 3.8) is 0 Å². The summed E-state index contributed by atoms with van der Waals surface area (Å²) in [6.07, 6.45) is -6.75. The van der Waals surface area contributed by atoms with Crippen LogP contribution in [0, 0.1) is 0 Å². The highest BCUT2D eigenvalue weighted by atomic mass is 19.4. The summed E-state index contributed by atoms with van der Waals surface area (Å²) < 4.78 is 47.1. The number of alkyl halides is 3. The molecular formula is C13H15F3O3. The van der Waals surface area contributed by atoms with Crippen molar-refractivity contribution in [3.8, 4) is 0 Å². The normalized spacial score (nSPS) is 13.1. The zero-order valence-electron chi connectivity index (χ0n) is 10.7. The van der Waals surface area contributed by atoms with Crippen molar-refractivity contribution >= 4 is 5.97 Å². The van der Waals surface area contributed by atoms with Gasteiger partial charge in [-0.1, -0.05) is 18.2 Å². The van der Waals surface area contributed by atoms with Gasteiger partial charge in [0.1, 0.15) is 0 Å². The molecule has 0 heterocycles. The van der Waals surface area contributed by atoms with Crippen LogP contribution in [0.5, 0.6) is 0 Å². The Bertz CT molecular complexity index is 429. The molecule has 1 atom stereocenters. The van der Waals surface area contributed by atoms with Gasteiger partial charge in [-0.2, -0.15) is 13.2 Å². The van der Waals surface area contributed by atoms with Crippen molar-refractivity contribution in [3.05, 3.63) is 35.4 Å². The molecule has 1 aromatic rings. The zero-order valence-corrected chi connectivity index (χ0v) is 10.7. The zero-order chi connectivity index (χ0) is 14.5. The molecule has 1 unspecified atom stereocenters. The van der Waals surface area contributed by atoms with E-state index in [1.54, 1.807) is 19.1 Å². The molecule has 3 nitrogen and oxygen atoms in total. The molecule has 0 aliphatic carbocycles. The number of carbonyl (C=O) groups is 1. The lowest BCUT2D eigenvalue weighted by molar-refractivity contribution is -0.158. The maximum atomic E-state index is 12.5. The Morgan fingerprint density at radius 3 is 2.47 bits per heavy atom. The van der Waals surface area contributed by atoms with Crippen molar-refractivity contribution in [2.75, 3.05) is 13.7 Å². The summed E-state index contributed by atoms with van der Waals surface area (Å²) in [5.74, 6) is -0.651. The van der Waals surface area contributed by atoms with Crippen LogP contribution in [0.25, 0.3) is 0 Å². The van der Waals surface area contributed by atoms with Crippen LogP contribution in [-0.2, 0) is 9.47 Å². The van der Waals surface area contributed by atoms with Gasteiger partial charge in [-0.05, 0) is 18.6 Å². The molecule has 0 saturated carbocycles. The molecule has 0 bridgehead atoms. The van der Waals surface area contributed by atoms with E-state index in [9.17, 15) is 18.0 Å². The highest BCUT2D eigenvalue weighted by molar-refractivity contribution is 5.91. The average Bonchev–Trinajstić information content (AvgIpc) is 2.35. The SMILES string of the molecule is CCOC(=O)c1ccccc1C(CC(F)(F)F)OC. The third-order valence-electron chi connectivity index (χ3n) is 2.50. The van der Waals surface area contributed by atoms with Crippen LogP contribution in [0.1, 0.15) is 35.4 Å². The van der Waals surface area contributed by atoms with Crippen LogP contribution >= 0.6 is 0 Å². The molecule has 0 spiro atoms. The molecule has 0 aromatic heterocycles. The number of halogens is 3. The fourth-order valence-corrected chi connectivity index (χ4v) is 1.70.